The first kappa shape index (κ1) is 12.4. The average Bonchev–Trinajstić information content (AvgIpc) is 2.98. The Balaban J connectivity index is 1.76. The van der Waals surface area contributed by atoms with Gasteiger partial charge in [0.25, 0.3) is 0 Å². The minimum atomic E-state index is -0.123. The highest BCUT2D eigenvalue weighted by atomic mass is 32.1. The number of hydrogen-bond donors (Lipinski definition) is 2. The molecule has 1 amide bonds. The fourth-order valence-corrected chi connectivity index (χ4v) is 3.05. The fourth-order valence-electron chi connectivity index (χ4n) is 2.32. The summed E-state index contributed by atoms with van der Waals surface area (Å²) in [5.41, 5.74) is 0.956. The summed E-state index contributed by atoms with van der Waals surface area (Å²) in [7, 11) is 1.61. The normalized spacial score (nSPS) is 19.6. The predicted octanol–water partition coefficient (Wildman–Crippen LogP) is 0.773. The van der Waals surface area contributed by atoms with Crippen LogP contribution in [0.4, 0.5) is 0 Å². The Morgan fingerprint density at radius 3 is 3.37 bits per heavy atom. The van der Waals surface area contributed by atoms with Crippen LogP contribution in [0.1, 0.15) is 18.5 Å². The van der Waals surface area contributed by atoms with Crippen molar-refractivity contribution in [1.29, 1.82) is 0 Å². The number of ether oxygens (including phenoxy) is 1. The maximum absolute atomic E-state index is 11.7. The zero-order chi connectivity index (χ0) is 13.2. The van der Waals surface area contributed by atoms with Crippen molar-refractivity contribution in [3.63, 3.8) is 0 Å². The number of carbonyl (C=O) groups excluding carboxylic acids is 1. The molecule has 2 N–H and O–H groups in total. The molecule has 0 spiro atoms. The van der Waals surface area contributed by atoms with E-state index in [0.717, 1.165) is 30.0 Å². The van der Waals surface area contributed by atoms with Gasteiger partial charge >= 0.3 is 0 Å². The molecule has 3 rings (SSSR count). The molecule has 2 aromatic heterocycles. The van der Waals surface area contributed by atoms with Crippen molar-refractivity contribution in [2.75, 3.05) is 13.7 Å². The minimum absolute atomic E-state index is 0.0799. The molecule has 1 aliphatic heterocycles. The van der Waals surface area contributed by atoms with Crippen LogP contribution in [0.2, 0.25) is 0 Å². The zero-order valence-corrected chi connectivity index (χ0v) is 11.5. The number of aromatic nitrogens is 2. The maximum Gasteiger partial charge on any atom is 0.237 e. The molecule has 1 atom stereocenters. The third-order valence-corrected chi connectivity index (χ3v) is 4.08. The van der Waals surface area contributed by atoms with Gasteiger partial charge in [0.2, 0.25) is 11.8 Å². The summed E-state index contributed by atoms with van der Waals surface area (Å²) in [6, 6.07) is -0.123. The van der Waals surface area contributed by atoms with Gasteiger partial charge in [-0.05, 0) is 12.8 Å². The van der Waals surface area contributed by atoms with Crippen LogP contribution in [0.15, 0.2) is 11.6 Å². The Morgan fingerprint density at radius 1 is 1.68 bits per heavy atom. The van der Waals surface area contributed by atoms with Crippen molar-refractivity contribution in [3.8, 4) is 5.88 Å². The second kappa shape index (κ2) is 5.18. The summed E-state index contributed by atoms with van der Waals surface area (Å²) in [5, 5.41) is 8.14. The summed E-state index contributed by atoms with van der Waals surface area (Å²) in [5.74, 6) is 0.701. The molecule has 7 heteroatoms. The Morgan fingerprint density at radius 2 is 2.58 bits per heavy atom. The second-order valence-electron chi connectivity index (χ2n) is 4.49. The van der Waals surface area contributed by atoms with Gasteiger partial charge in [-0.15, -0.1) is 11.3 Å². The SMILES string of the molecule is COc1nc2sccn2c1CNC1CCCNC1=O. The molecular weight excluding hydrogens is 264 g/mol. The number of thiazole rings is 1. The lowest BCUT2D eigenvalue weighted by atomic mass is 10.1. The largest absolute Gasteiger partial charge is 0.480 e. The molecule has 1 saturated heterocycles. The Labute approximate surface area is 114 Å². The number of piperidine rings is 1. The first-order chi connectivity index (χ1) is 9.29. The number of imidazole rings is 1. The van der Waals surface area contributed by atoms with E-state index in [1.165, 1.54) is 0 Å². The van der Waals surface area contributed by atoms with Crippen molar-refractivity contribution in [2.24, 2.45) is 0 Å². The van der Waals surface area contributed by atoms with Gasteiger partial charge in [0, 0.05) is 24.7 Å². The van der Waals surface area contributed by atoms with Crippen LogP contribution in [0.5, 0.6) is 5.88 Å². The zero-order valence-electron chi connectivity index (χ0n) is 10.7. The molecule has 1 aliphatic rings. The van der Waals surface area contributed by atoms with E-state index in [4.69, 9.17) is 4.74 Å². The molecule has 1 unspecified atom stereocenters. The van der Waals surface area contributed by atoms with E-state index in [1.807, 2.05) is 16.0 Å². The molecule has 19 heavy (non-hydrogen) atoms. The molecule has 2 aromatic rings. The second-order valence-corrected chi connectivity index (χ2v) is 5.36. The molecule has 0 aliphatic carbocycles. The standard InChI is InChI=1S/C12H16N4O2S/c1-18-11-9(16-5-6-19-12(16)15-11)7-14-8-3-2-4-13-10(8)17/h5-6,8,14H,2-4,7H2,1H3,(H,13,17). The van der Waals surface area contributed by atoms with E-state index in [2.05, 4.69) is 15.6 Å². The summed E-state index contributed by atoms with van der Waals surface area (Å²) in [4.78, 5) is 17.0. The van der Waals surface area contributed by atoms with Gasteiger partial charge < -0.3 is 15.4 Å². The van der Waals surface area contributed by atoms with E-state index in [1.54, 1.807) is 18.4 Å². The predicted molar refractivity (Wildman–Crippen MR) is 72.5 cm³/mol. The quantitative estimate of drug-likeness (QED) is 0.868. The summed E-state index contributed by atoms with van der Waals surface area (Å²) >= 11 is 1.56. The molecule has 1 fully saturated rings. The van der Waals surface area contributed by atoms with E-state index in [0.29, 0.717) is 12.4 Å². The van der Waals surface area contributed by atoms with Crippen molar-refractivity contribution in [1.82, 2.24) is 20.0 Å². The molecule has 6 nitrogen and oxygen atoms in total. The van der Waals surface area contributed by atoms with E-state index < -0.39 is 0 Å². The van der Waals surface area contributed by atoms with Gasteiger partial charge in [-0.25, -0.2) is 0 Å². The Bertz CT molecular complexity index is 592. The van der Waals surface area contributed by atoms with Crippen LogP contribution < -0.4 is 15.4 Å². The maximum atomic E-state index is 11.7. The van der Waals surface area contributed by atoms with Crippen LogP contribution >= 0.6 is 11.3 Å². The van der Waals surface area contributed by atoms with Crippen molar-refractivity contribution < 1.29 is 9.53 Å². The van der Waals surface area contributed by atoms with Gasteiger partial charge in [-0.1, -0.05) is 0 Å². The Hall–Kier alpha value is -1.60. The van der Waals surface area contributed by atoms with E-state index in [-0.39, 0.29) is 11.9 Å². The number of amides is 1. The van der Waals surface area contributed by atoms with Gasteiger partial charge in [-0.3, -0.25) is 9.20 Å². The number of carbonyl (C=O) groups is 1. The molecular formula is C12H16N4O2S. The van der Waals surface area contributed by atoms with Crippen LogP contribution in [-0.2, 0) is 11.3 Å². The lowest BCUT2D eigenvalue weighted by molar-refractivity contribution is -0.124. The number of fused-ring (bicyclic) bond motifs is 1. The number of nitrogens with one attached hydrogen (secondary N) is 2. The summed E-state index contributed by atoms with van der Waals surface area (Å²) in [6.45, 7) is 1.35. The highest BCUT2D eigenvalue weighted by Gasteiger charge is 2.22. The highest BCUT2D eigenvalue weighted by Crippen LogP contribution is 2.23. The van der Waals surface area contributed by atoms with Crippen LogP contribution in [0.25, 0.3) is 4.96 Å². The lowest BCUT2D eigenvalue weighted by Gasteiger charge is -2.22. The average molecular weight is 280 g/mol. The topological polar surface area (TPSA) is 67.7 Å². The molecule has 0 aromatic carbocycles. The first-order valence-electron chi connectivity index (χ1n) is 6.29. The number of nitrogens with zero attached hydrogens (tertiary/aromatic N) is 2. The third kappa shape index (κ3) is 2.31. The van der Waals surface area contributed by atoms with Crippen molar-refractivity contribution in [3.05, 3.63) is 17.3 Å². The molecule has 0 bridgehead atoms. The van der Waals surface area contributed by atoms with Gasteiger partial charge in [0.05, 0.1) is 13.2 Å². The van der Waals surface area contributed by atoms with Gasteiger partial charge in [-0.2, -0.15) is 4.98 Å². The summed E-state index contributed by atoms with van der Waals surface area (Å²) in [6.07, 6.45) is 3.86. The van der Waals surface area contributed by atoms with Crippen LogP contribution in [-0.4, -0.2) is 35.0 Å². The highest BCUT2D eigenvalue weighted by molar-refractivity contribution is 7.15. The van der Waals surface area contributed by atoms with Crippen LogP contribution in [0.3, 0.4) is 0 Å². The monoisotopic (exact) mass is 280 g/mol. The number of methoxy groups -OCH3 is 1. The van der Waals surface area contributed by atoms with E-state index >= 15 is 0 Å². The first-order valence-corrected chi connectivity index (χ1v) is 7.17. The number of hydrogen-bond acceptors (Lipinski definition) is 5. The van der Waals surface area contributed by atoms with Gasteiger partial charge in [0.15, 0.2) is 4.96 Å². The lowest BCUT2D eigenvalue weighted by Crippen LogP contribution is -2.48. The Kier molecular flexibility index (Phi) is 3.39. The molecule has 0 saturated carbocycles. The van der Waals surface area contributed by atoms with Gasteiger partial charge in [0.1, 0.15) is 5.69 Å². The fraction of sp³-hybridized carbons (Fsp3) is 0.500. The van der Waals surface area contributed by atoms with Crippen molar-refractivity contribution in [2.45, 2.75) is 25.4 Å². The third-order valence-electron chi connectivity index (χ3n) is 3.32. The minimum Gasteiger partial charge on any atom is -0.480 e. The molecule has 0 radical (unpaired) electrons. The van der Waals surface area contributed by atoms with Crippen LogP contribution in [0, 0.1) is 0 Å². The molecule has 3 heterocycles. The smallest absolute Gasteiger partial charge is 0.237 e. The number of rotatable bonds is 4. The summed E-state index contributed by atoms with van der Waals surface area (Å²) < 4.78 is 7.29. The molecule has 102 valence electrons. The van der Waals surface area contributed by atoms with Crippen molar-refractivity contribution >= 4 is 22.2 Å². The van der Waals surface area contributed by atoms with E-state index in [9.17, 15) is 4.79 Å².